The summed E-state index contributed by atoms with van der Waals surface area (Å²) in [6.07, 6.45) is 0. The van der Waals surface area contributed by atoms with E-state index in [4.69, 9.17) is 16.3 Å². The average molecular weight is 477 g/mol. The first-order chi connectivity index (χ1) is 14.0. The van der Waals surface area contributed by atoms with Crippen molar-refractivity contribution < 1.29 is 30.8 Å². The molecule has 1 N–H and O–H groups in total. The van der Waals surface area contributed by atoms with E-state index in [1.807, 2.05) is 0 Å². The molecular formula is C18H18ClFN2O6S2. The molecule has 162 valence electrons. The fourth-order valence-electron chi connectivity index (χ4n) is 2.96. The summed E-state index contributed by atoms with van der Waals surface area (Å²) in [6.45, 7) is 3.27. The first-order valence-corrected chi connectivity index (χ1v) is 12.2. The van der Waals surface area contributed by atoms with Gasteiger partial charge in [0.05, 0.1) is 34.7 Å². The predicted molar refractivity (Wildman–Crippen MR) is 110 cm³/mol. The maximum Gasteiger partial charge on any atom is 0.265 e. The lowest BCUT2D eigenvalue weighted by Gasteiger charge is -2.19. The van der Waals surface area contributed by atoms with Crippen LogP contribution in [-0.2, 0) is 24.8 Å². The van der Waals surface area contributed by atoms with Gasteiger partial charge in [-0.1, -0.05) is 18.5 Å². The Hall–Kier alpha value is -2.37. The van der Waals surface area contributed by atoms with Crippen LogP contribution in [0.15, 0.2) is 41.3 Å². The lowest BCUT2D eigenvalue weighted by Crippen LogP contribution is -2.30. The quantitative estimate of drug-likeness (QED) is 0.686. The van der Waals surface area contributed by atoms with Crippen LogP contribution in [0, 0.1) is 11.7 Å². The van der Waals surface area contributed by atoms with Gasteiger partial charge in [-0.2, -0.15) is 0 Å². The van der Waals surface area contributed by atoms with Crippen LogP contribution >= 0.6 is 11.6 Å². The largest absolute Gasteiger partial charge is 0.492 e. The highest BCUT2D eigenvalue weighted by Crippen LogP contribution is 2.35. The Labute approximate surface area is 178 Å². The van der Waals surface area contributed by atoms with Crippen LogP contribution in [0.2, 0.25) is 5.02 Å². The van der Waals surface area contributed by atoms with Gasteiger partial charge >= 0.3 is 0 Å². The Morgan fingerprint density at radius 2 is 1.97 bits per heavy atom. The molecule has 12 heteroatoms. The van der Waals surface area contributed by atoms with Crippen LogP contribution in [0.1, 0.15) is 13.8 Å². The minimum Gasteiger partial charge on any atom is -0.492 e. The molecule has 0 aromatic heterocycles. The fraction of sp³-hybridized carbons (Fsp3) is 0.278. The number of hydrogen-bond donors (Lipinski definition) is 1. The van der Waals surface area contributed by atoms with Crippen LogP contribution in [0.3, 0.4) is 0 Å². The van der Waals surface area contributed by atoms with Gasteiger partial charge in [-0.05, 0) is 43.3 Å². The number of nitrogens with zero attached hydrogens (tertiary/aromatic N) is 1. The zero-order valence-corrected chi connectivity index (χ0v) is 18.3. The van der Waals surface area contributed by atoms with Crippen molar-refractivity contribution in [3.8, 4) is 5.75 Å². The van der Waals surface area contributed by atoms with E-state index >= 15 is 0 Å². The smallest absolute Gasteiger partial charge is 0.265 e. The zero-order chi connectivity index (χ0) is 22.3. The highest BCUT2D eigenvalue weighted by molar-refractivity contribution is 7.94. The highest BCUT2D eigenvalue weighted by Gasteiger charge is 2.42. The number of rotatable bonds is 6. The lowest BCUT2D eigenvalue weighted by molar-refractivity contribution is -0.119. The second-order valence-corrected chi connectivity index (χ2v) is 10.5. The third-order valence-electron chi connectivity index (χ3n) is 4.28. The standard InChI is InChI=1S/C18H18ClFN2O6S2/c1-3-28-16-7-5-13(22-18(23)11(2)10-29(22,24)25)9-17(16)30(26,27)21-12-4-6-15(20)14(19)8-12/h4-9,11,21H,3,10H2,1-2H3. The maximum atomic E-state index is 13.4. The molecule has 2 aromatic rings. The van der Waals surface area contributed by atoms with Gasteiger partial charge in [-0.3, -0.25) is 9.52 Å². The van der Waals surface area contributed by atoms with E-state index in [1.54, 1.807) is 6.92 Å². The first-order valence-electron chi connectivity index (χ1n) is 8.78. The first kappa shape index (κ1) is 22.3. The number of amides is 1. The lowest BCUT2D eigenvalue weighted by atomic mass is 10.2. The summed E-state index contributed by atoms with van der Waals surface area (Å²) in [5.74, 6) is -2.53. The molecule has 1 atom stereocenters. The molecule has 1 fully saturated rings. The van der Waals surface area contributed by atoms with Gasteiger partial charge in [0, 0.05) is 0 Å². The van der Waals surface area contributed by atoms with E-state index in [-0.39, 0.29) is 39.4 Å². The van der Waals surface area contributed by atoms with E-state index in [2.05, 4.69) is 4.72 Å². The Morgan fingerprint density at radius 3 is 2.53 bits per heavy atom. The molecular weight excluding hydrogens is 459 g/mol. The average Bonchev–Trinajstić information content (AvgIpc) is 2.85. The Kier molecular flexibility index (Phi) is 5.99. The van der Waals surface area contributed by atoms with Crippen molar-refractivity contribution in [1.82, 2.24) is 0 Å². The number of carbonyl (C=O) groups excluding carboxylic acids is 1. The monoisotopic (exact) mass is 476 g/mol. The Morgan fingerprint density at radius 1 is 1.27 bits per heavy atom. The molecule has 1 amide bonds. The minimum absolute atomic E-state index is 0.00672. The van der Waals surface area contributed by atoms with Crippen molar-refractivity contribution in [2.24, 2.45) is 5.92 Å². The summed E-state index contributed by atoms with van der Waals surface area (Å²) >= 11 is 5.70. The fourth-order valence-corrected chi connectivity index (χ4v) is 6.17. The number of anilines is 2. The van der Waals surface area contributed by atoms with Crippen LogP contribution in [0.4, 0.5) is 15.8 Å². The van der Waals surface area contributed by atoms with E-state index in [9.17, 15) is 26.0 Å². The van der Waals surface area contributed by atoms with Crippen molar-refractivity contribution in [3.63, 3.8) is 0 Å². The molecule has 3 rings (SSSR count). The maximum absolute atomic E-state index is 13.4. The number of hydrogen-bond acceptors (Lipinski definition) is 6. The molecule has 2 aromatic carbocycles. The molecule has 0 bridgehead atoms. The summed E-state index contributed by atoms with van der Waals surface area (Å²) in [5.41, 5.74) is -0.127. The topological polar surface area (TPSA) is 110 Å². The molecule has 1 aliphatic rings. The number of sulfonamides is 2. The van der Waals surface area contributed by atoms with Crippen molar-refractivity contribution in [2.75, 3.05) is 21.4 Å². The molecule has 1 unspecified atom stereocenters. The molecule has 30 heavy (non-hydrogen) atoms. The molecule has 0 saturated carbocycles. The number of benzene rings is 2. The number of halogens is 2. The van der Waals surface area contributed by atoms with Gasteiger partial charge in [0.1, 0.15) is 16.5 Å². The van der Waals surface area contributed by atoms with Crippen molar-refractivity contribution in [2.45, 2.75) is 18.7 Å². The van der Waals surface area contributed by atoms with E-state index < -0.39 is 37.7 Å². The second-order valence-electron chi connectivity index (χ2n) is 6.58. The summed E-state index contributed by atoms with van der Waals surface area (Å²) in [4.78, 5) is 12.0. The molecule has 0 aliphatic carbocycles. The van der Waals surface area contributed by atoms with Gasteiger partial charge < -0.3 is 4.74 Å². The normalized spacial score (nSPS) is 18.5. The van der Waals surface area contributed by atoms with Crippen LogP contribution in [0.25, 0.3) is 0 Å². The minimum atomic E-state index is -4.30. The molecule has 1 saturated heterocycles. The molecule has 0 spiro atoms. The summed E-state index contributed by atoms with van der Waals surface area (Å²) < 4.78 is 72.3. The Bertz CT molecular complexity index is 1220. The number of nitrogens with one attached hydrogen (secondary N) is 1. The van der Waals surface area contributed by atoms with Gasteiger partial charge in [0.15, 0.2) is 0 Å². The van der Waals surface area contributed by atoms with Crippen LogP contribution < -0.4 is 13.8 Å². The van der Waals surface area contributed by atoms with Crippen LogP contribution in [-0.4, -0.2) is 35.1 Å². The van der Waals surface area contributed by atoms with Gasteiger partial charge in [0.2, 0.25) is 15.9 Å². The third kappa shape index (κ3) is 4.23. The van der Waals surface area contributed by atoms with E-state index in [1.165, 1.54) is 25.1 Å². The number of ether oxygens (including phenoxy) is 1. The van der Waals surface area contributed by atoms with Crippen molar-refractivity contribution in [1.29, 1.82) is 0 Å². The van der Waals surface area contributed by atoms with E-state index in [0.717, 1.165) is 18.2 Å². The van der Waals surface area contributed by atoms with Crippen LogP contribution in [0.5, 0.6) is 5.75 Å². The second kappa shape index (κ2) is 8.05. The predicted octanol–water partition coefficient (Wildman–Crippen LogP) is 2.99. The summed E-state index contributed by atoms with van der Waals surface area (Å²) in [7, 11) is -8.23. The van der Waals surface area contributed by atoms with Crippen molar-refractivity contribution >= 4 is 48.9 Å². The molecule has 1 aliphatic heterocycles. The van der Waals surface area contributed by atoms with Gasteiger partial charge in [-0.15, -0.1) is 0 Å². The van der Waals surface area contributed by atoms with E-state index in [0.29, 0.717) is 4.31 Å². The molecule has 1 heterocycles. The summed E-state index contributed by atoms with van der Waals surface area (Å²) in [5, 5.41) is -0.281. The zero-order valence-electron chi connectivity index (χ0n) is 15.9. The molecule has 8 nitrogen and oxygen atoms in total. The summed E-state index contributed by atoms with van der Waals surface area (Å²) in [6, 6.07) is 6.89. The highest BCUT2D eigenvalue weighted by atomic mass is 35.5. The SMILES string of the molecule is CCOc1ccc(N2C(=O)C(C)CS2(=O)=O)cc1S(=O)(=O)Nc1ccc(F)c(Cl)c1. The molecule has 0 radical (unpaired) electrons. The Balaban J connectivity index is 2.09. The van der Waals surface area contributed by atoms with Crippen molar-refractivity contribution in [3.05, 3.63) is 47.2 Å². The van der Waals surface area contributed by atoms with Gasteiger partial charge in [0.25, 0.3) is 10.0 Å². The third-order valence-corrected chi connectivity index (χ3v) is 7.84. The van der Waals surface area contributed by atoms with Gasteiger partial charge in [-0.25, -0.2) is 25.5 Å². The number of carbonyl (C=O) groups is 1.